The molecule has 0 bridgehead atoms. The lowest BCUT2D eigenvalue weighted by molar-refractivity contribution is -0.394. The third-order valence-electron chi connectivity index (χ3n) is 7.58. The summed E-state index contributed by atoms with van der Waals surface area (Å²) in [5, 5.41) is 23.0. The van der Waals surface area contributed by atoms with Crippen LogP contribution in [0.15, 0.2) is 117 Å². The van der Waals surface area contributed by atoms with E-state index in [-0.39, 0.29) is 28.2 Å². The standard InChI is InChI=1S/C35H26N4O8S2/c1-3-46-34(41)30-31(21-9-5-4-6-10-21)36-35-37(32(30)22-13-16-25(48-2)17-14-22)33(40)29(49-35)19-23-11-7-8-12-27(23)47-28-18-15-24(38(42)43)20-26(28)39(44)45/h4-20,32H,3H2,1-2H3/b29-19+/t32-/m0/s1. The summed E-state index contributed by atoms with van der Waals surface area (Å²) in [5.41, 5.74) is 0.919. The minimum Gasteiger partial charge on any atom is -0.463 e. The minimum atomic E-state index is -0.863. The number of hydrogen-bond acceptors (Lipinski definition) is 11. The molecule has 0 fully saturated rings. The predicted molar refractivity (Wildman–Crippen MR) is 186 cm³/mol. The summed E-state index contributed by atoms with van der Waals surface area (Å²) in [4.78, 5) is 55.7. The molecule has 0 spiro atoms. The molecule has 2 heterocycles. The summed E-state index contributed by atoms with van der Waals surface area (Å²) < 4.78 is 13.2. The molecule has 1 atom stereocenters. The Hall–Kier alpha value is -5.86. The highest BCUT2D eigenvalue weighted by atomic mass is 32.2. The third-order valence-corrected chi connectivity index (χ3v) is 9.31. The fraction of sp³-hybridized carbons (Fsp3) is 0.114. The van der Waals surface area contributed by atoms with Crippen LogP contribution >= 0.6 is 23.1 Å². The maximum atomic E-state index is 14.3. The highest BCUT2D eigenvalue weighted by Crippen LogP contribution is 2.37. The number of nitrogens with zero attached hydrogens (tertiary/aromatic N) is 4. The number of nitro groups is 2. The Morgan fingerprint density at radius 3 is 2.35 bits per heavy atom. The first kappa shape index (κ1) is 33.1. The van der Waals surface area contributed by atoms with Gasteiger partial charge in [-0.1, -0.05) is 72.0 Å². The Kier molecular flexibility index (Phi) is 9.51. The van der Waals surface area contributed by atoms with Crippen LogP contribution in [0.4, 0.5) is 11.4 Å². The summed E-state index contributed by atoms with van der Waals surface area (Å²) in [6, 6.07) is 25.6. The molecule has 0 aliphatic carbocycles. The maximum Gasteiger partial charge on any atom is 0.338 e. The zero-order chi connectivity index (χ0) is 34.7. The lowest BCUT2D eigenvalue weighted by atomic mass is 9.93. The van der Waals surface area contributed by atoms with Crippen LogP contribution in [-0.2, 0) is 9.53 Å². The Bertz CT molecular complexity index is 2320. The number of thiazole rings is 1. The van der Waals surface area contributed by atoms with Gasteiger partial charge in [0.05, 0.1) is 44.4 Å². The summed E-state index contributed by atoms with van der Waals surface area (Å²) >= 11 is 2.68. The quantitative estimate of drug-likeness (QED) is 0.0712. The first-order chi connectivity index (χ1) is 23.7. The van der Waals surface area contributed by atoms with Crippen LogP contribution in [0.25, 0.3) is 11.8 Å². The Morgan fingerprint density at radius 2 is 1.67 bits per heavy atom. The lowest BCUT2D eigenvalue weighted by Crippen LogP contribution is -2.40. The summed E-state index contributed by atoms with van der Waals surface area (Å²) in [5.74, 6) is -0.633. The van der Waals surface area contributed by atoms with Crippen molar-refractivity contribution in [2.24, 2.45) is 4.99 Å². The van der Waals surface area contributed by atoms with Crippen LogP contribution < -0.4 is 19.6 Å². The number of fused-ring (bicyclic) bond motifs is 1. The van der Waals surface area contributed by atoms with Gasteiger partial charge >= 0.3 is 11.7 Å². The maximum absolute atomic E-state index is 14.3. The number of hydrogen-bond donors (Lipinski definition) is 0. The number of benzene rings is 4. The molecular formula is C35H26N4O8S2. The molecule has 0 saturated carbocycles. The van der Waals surface area contributed by atoms with Crippen LogP contribution in [0, 0.1) is 20.2 Å². The molecule has 49 heavy (non-hydrogen) atoms. The van der Waals surface area contributed by atoms with Crippen LogP contribution in [0.2, 0.25) is 0 Å². The molecule has 5 aromatic rings. The highest BCUT2D eigenvalue weighted by Gasteiger charge is 2.35. The third kappa shape index (κ3) is 6.64. The lowest BCUT2D eigenvalue weighted by Gasteiger charge is -2.26. The second-order valence-electron chi connectivity index (χ2n) is 10.5. The molecular weight excluding hydrogens is 669 g/mol. The smallest absolute Gasteiger partial charge is 0.338 e. The molecule has 14 heteroatoms. The van der Waals surface area contributed by atoms with Crippen molar-refractivity contribution < 1.29 is 24.1 Å². The predicted octanol–water partition coefficient (Wildman–Crippen LogP) is 6.27. The Labute approximate surface area is 286 Å². The molecule has 6 rings (SSSR count). The van der Waals surface area contributed by atoms with Gasteiger partial charge in [0.2, 0.25) is 5.75 Å². The first-order valence-electron chi connectivity index (χ1n) is 14.8. The van der Waals surface area contributed by atoms with E-state index < -0.39 is 38.8 Å². The number of non-ortho nitro benzene ring substituents is 1. The summed E-state index contributed by atoms with van der Waals surface area (Å²) in [6.07, 6.45) is 3.54. The van der Waals surface area contributed by atoms with E-state index in [4.69, 9.17) is 14.5 Å². The van der Waals surface area contributed by atoms with E-state index in [0.717, 1.165) is 34.4 Å². The van der Waals surface area contributed by atoms with Crippen molar-refractivity contribution in [1.82, 2.24) is 4.57 Å². The first-order valence-corrected chi connectivity index (χ1v) is 16.9. The molecule has 1 aliphatic rings. The van der Waals surface area contributed by atoms with Gasteiger partial charge in [-0.3, -0.25) is 29.6 Å². The molecule has 1 aliphatic heterocycles. The van der Waals surface area contributed by atoms with E-state index in [1.165, 1.54) is 4.57 Å². The van der Waals surface area contributed by atoms with Crippen LogP contribution in [0.1, 0.15) is 29.7 Å². The van der Waals surface area contributed by atoms with Crippen LogP contribution in [0.5, 0.6) is 11.5 Å². The van der Waals surface area contributed by atoms with Crippen LogP contribution in [-0.4, -0.2) is 33.2 Å². The number of esters is 1. The zero-order valence-corrected chi connectivity index (χ0v) is 27.6. The number of rotatable bonds is 10. The van der Waals surface area contributed by atoms with Crippen LogP contribution in [0.3, 0.4) is 0 Å². The largest absolute Gasteiger partial charge is 0.463 e. The minimum absolute atomic E-state index is 0.122. The second kappa shape index (κ2) is 14.1. The molecule has 12 nitrogen and oxygen atoms in total. The summed E-state index contributed by atoms with van der Waals surface area (Å²) in [6.45, 7) is 1.83. The molecule has 0 radical (unpaired) electrons. The highest BCUT2D eigenvalue weighted by molar-refractivity contribution is 7.98. The average molecular weight is 695 g/mol. The van der Waals surface area contributed by atoms with E-state index in [1.807, 2.05) is 60.9 Å². The number of carbonyl (C=O) groups is 1. The van der Waals surface area contributed by atoms with E-state index in [0.29, 0.717) is 27.2 Å². The number of thioether (sulfide) groups is 1. The number of ether oxygens (including phenoxy) is 2. The fourth-order valence-electron chi connectivity index (χ4n) is 5.34. The monoisotopic (exact) mass is 694 g/mol. The molecule has 246 valence electrons. The molecule has 0 amide bonds. The Morgan fingerprint density at radius 1 is 0.959 bits per heavy atom. The van der Waals surface area contributed by atoms with Crippen molar-refractivity contribution in [3.63, 3.8) is 0 Å². The van der Waals surface area contributed by atoms with Crippen molar-refractivity contribution in [2.75, 3.05) is 12.9 Å². The fourth-order valence-corrected chi connectivity index (χ4v) is 6.74. The number of nitro benzene ring substituents is 2. The van der Waals surface area contributed by atoms with Gasteiger partial charge < -0.3 is 9.47 Å². The van der Waals surface area contributed by atoms with E-state index in [1.54, 1.807) is 49.0 Å². The number of para-hydroxylation sites is 1. The van der Waals surface area contributed by atoms with Gasteiger partial charge in [-0.2, -0.15) is 0 Å². The Balaban J connectivity index is 1.54. The van der Waals surface area contributed by atoms with Gasteiger partial charge in [-0.15, -0.1) is 11.8 Å². The van der Waals surface area contributed by atoms with Crippen molar-refractivity contribution in [3.05, 3.63) is 159 Å². The van der Waals surface area contributed by atoms with Crippen molar-refractivity contribution >= 4 is 52.2 Å². The van der Waals surface area contributed by atoms with Gasteiger partial charge in [-0.05, 0) is 49.1 Å². The number of aromatic nitrogens is 1. The van der Waals surface area contributed by atoms with Crippen molar-refractivity contribution in [1.29, 1.82) is 0 Å². The SMILES string of the molecule is CCOC(=O)C1=C(c2ccccc2)N=c2s/c(=C/c3ccccc3Oc3ccc([N+](=O)[O-])cc3[N+](=O)[O-])c(=O)n2[C@H]1c1ccc(SC)cc1. The van der Waals surface area contributed by atoms with Gasteiger partial charge in [0.1, 0.15) is 5.75 Å². The zero-order valence-electron chi connectivity index (χ0n) is 26.0. The molecule has 0 unspecified atom stereocenters. The van der Waals surface area contributed by atoms with Gasteiger partial charge in [0, 0.05) is 22.1 Å². The van der Waals surface area contributed by atoms with Crippen molar-refractivity contribution in [2.45, 2.75) is 17.9 Å². The van der Waals surface area contributed by atoms with E-state index >= 15 is 0 Å². The van der Waals surface area contributed by atoms with E-state index in [9.17, 15) is 29.8 Å². The molecule has 1 aromatic heterocycles. The normalized spacial score (nSPS) is 14.2. The topological polar surface area (TPSA) is 156 Å². The van der Waals surface area contributed by atoms with Crippen molar-refractivity contribution in [3.8, 4) is 11.5 Å². The molecule has 0 N–H and O–H groups in total. The molecule has 0 saturated heterocycles. The van der Waals surface area contributed by atoms with Gasteiger partial charge in [0.25, 0.3) is 11.2 Å². The second-order valence-corrected chi connectivity index (χ2v) is 12.4. The molecule has 4 aromatic carbocycles. The van der Waals surface area contributed by atoms with E-state index in [2.05, 4.69) is 0 Å². The summed E-state index contributed by atoms with van der Waals surface area (Å²) in [7, 11) is 0. The van der Waals surface area contributed by atoms with Gasteiger partial charge in [0.15, 0.2) is 4.80 Å². The number of carbonyl (C=O) groups excluding carboxylic acids is 1. The van der Waals surface area contributed by atoms with Gasteiger partial charge in [-0.25, -0.2) is 9.79 Å². The average Bonchev–Trinajstić information content (AvgIpc) is 3.42.